The van der Waals surface area contributed by atoms with Gasteiger partial charge in [0.05, 0.1) is 13.0 Å². The first kappa shape index (κ1) is 19.6. The zero-order chi connectivity index (χ0) is 20.3. The molecule has 0 saturated heterocycles. The van der Waals surface area contributed by atoms with Crippen LogP contribution >= 0.6 is 0 Å². The van der Waals surface area contributed by atoms with Gasteiger partial charge >= 0.3 is 0 Å². The van der Waals surface area contributed by atoms with Crippen LogP contribution in [0.25, 0.3) is 0 Å². The van der Waals surface area contributed by atoms with Crippen molar-refractivity contribution in [2.45, 2.75) is 26.8 Å². The number of hydrogen-bond donors (Lipinski definition) is 1. The molecule has 0 unspecified atom stereocenters. The van der Waals surface area contributed by atoms with Crippen molar-refractivity contribution in [1.82, 2.24) is 9.78 Å². The van der Waals surface area contributed by atoms with Crippen molar-refractivity contribution >= 4 is 17.4 Å². The molecule has 0 atom stereocenters. The summed E-state index contributed by atoms with van der Waals surface area (Å²) < 4.78 is 15.5. The number of halogens is 1. The molecule has 0 radical (unpaired) electrons. The molecule has 146 valence electrons. The molecule has 0 aliphatic heterocycles. The highest BCUT2D eigenvalue weighted by molar-refractivity contribution is 5.91. The Hall–Kier alpha value is -3.15. The summed E-state index contributed by atoms with van der Waals surface area (Å²) in [6.07, 6.45) is 2.09. The molecule has 0 fully saturated rings. The molecule has 0 spiro atoms. The Kier molecular flexibility index (Phi) is 5.78. The predicted octanol–water partition coefficient (Wildman–Crippen LogP) is 3.93. The molecule has 1 N–H and O–H groups in total. The second-order valence-corrected chi connectivity index (χ2v) is 7.23. The van der Waals surface area contributed by atoms with Gasteiger partial charge in [-0.2, -0.15) is 5.10 Å². The minimum atomic E-state index is -0.171. The average molecular weight is 380 g/mol. The van der Waals surface area contributed by atoms with E-state index in [1.807, 2.05) is 55.4 Å². The minimum Gasteiger partial charge on any atom is -0.378 e. The van der Waals surface area contributed by atoms with Gasteiger partial charge in [-0.3, -0.25) is 9.48 Å². The maximum Gasteiger partial charge on any atom is 0.229 e. The summed E-state index contributed by atoms with van der Waals surface area (Å²) in [6.45, 7) is 4.03. The summed E-state index contributed by atoms with van der Waals surface area (Å²) in [5.41, 5.74) is 4.25. The molecular weight excluding hydrogens is 355 g/mol. The Morgan fingerprint density at radius 2 is 1.71 bits per heavy atom. The van der Waals surface area contributed by atoms with Crippen LogP contribution in [0, 0.1) is 19.7 Å². The monoisotopic (exact) mass is 380 g/mol. The number of aryl methyl sites for hydroxylation is 2. The summed E-state index contributed by atoms with van der Waals surface area (Å²) >= 11 is 0. The predicted molar refractivity (Wildman–Crippen MR) is 110 cm³/mol. The van der Waals surface area contributed by atoms with Gasteiger partial charge in [0.1, 0.15) is 5.82 Å². The average Bonchev–Trinajstić information content (AvgIpc) is 3.06. The van der Waals surface area contributed by atoms with Gasteiger partial charge in [0.25, 0.3) is 0 Å². The van der Waals surface area contributed by atoms with Gasteiger partial charge < -0.3 is 10.2 Å². The molecular formula is C22H25FN4O. The zero-order valence-electron chi connectivity index (χ0n) is 16.7. The highest BCUT2D eigenvalue weighted by Crippen LogP contribution is 2.16. The molecule has 0 aliphatic carbocycles. The quantitative estimate of drug-likeness (QED) is 0.705. The van der Waals surface area contributed by atoms with Crippen LogP contribution in [-0.4, -0.2) is 29.8 Å². The van der Waals surface area contributed by atoms with Gasteiger partial charge in [-0.05, 0) is 48.2 Å². The van der Waals surface area contributed by atoms with Crippen LogP contribution in [0.2, 0.25) is 0 Å². The third kappa shape index (κ3) is 4.76. The van der Waals surface area contributed by atoms with Crippen molar-refractivity contribution in [3.8, 4) is 0 Å². The summed E-state index contributed by atoms with van der Waals surface area (Å²) in [5.74, 6) is 0.220. The molecule has 3 rings (SSSR count). The molecule has 28 heavy (non-hydrogen) atoms. The van der Waals surface area contributed by atoms with Gasteiger partial charge in [-0.15, -0.1) is 0 Å². The van der Waals surface area contributed by atoms with Crippen molar-refractivity contribution in [1.29, 1.82) is 0 Å². The lowest BCUT2D eigenvalue weighted by Crippen LogP contribution is -2.15. The van der Waals surface area contributed by atoms with E-state index in [-0.39, 0.29) is 18.1 Å². The lowest BCUT2D eigenvalue weighted by molar-refractivity contribution is -0.115. The number of hydrogen-bond acceptors (Lipinski definition) is 3. The van der Waals surface area contributed by atoms with Gasteiger partial charge in [-0.1, -0.05) is 24.3 Å². The highest BCUT2D eigenvalue weighted by Gasteiger charge is 2.09. The summed E-state index contributed by atoms with van der Waals surface area (Å²) in [6, 6.07) is 13.3. The Labute approximate surface area is 164 Å². The van der Waals surface area contributed by atoms with Crippen molar-refractivity contribution in [2.75, 3.05) is 24.3 Å². The first-order valence-electron chi connectivity index (χ1n) is 9.17. The van der Waals surface area contributed by atoms with Crippen LogP contribution in [0.1, 0.15) is 22.3 Å². The largest absolute Gasteiger partial charge is 0.378 e. The molecule has 1 heterocycles. The SMILES string of the molecule is Cc1cc(Cn2ccc(NC(=O)Cc3ccc(N(C)C)cc3)n2)cc(C)c1F. The van der Waals surface area contributed by atoms with Crippen LogP contribution in [0.15, 0.2) is 48.7 Å². The summed E-state index contributed by atoms with van der Waals surface area (Å²) in [4.78, 5) is 14.3. The number of benzene rings is 2. The Bertz CT molecular complexity index is 953. The van der Waals surface area contributed by atoms with E-state index in [1.165, 1.54) is 0 Å². The van der Waals surface area contributed by atoms with Gasteiger partial charge in [0.15, 0.2) is 5.82 Å². The number of rotatable bonds is 6. The summed E-state index contributed by atoms with van der Waals surface area (Å²) in [7, 11) is 3.96. The van der Waals surface area contributed by atoms with E-state index in [0.717, 1.165) is 16.8 Å². The Balaban J connectivity index is 1.60. The van der Waals surface area contributed by atoms with E-state index in [4.69, 9.17) is 0 Å². The Morgan fingerprint density at radius 1 is 1.07 bits per heavy atom. The molecule has 1 amide bonds. The van der Waals surface area contributed by atoms with Gasteiger partial charge in [0.2, 0.25) is 5.91 Å². The fourth-order valence-electron chi connectivity index (χ4n) is 3.11. The molecule has 5 nitrogen and oxygen atoms in total. The van der Waals surface area contributed by atoms with Crippen molar-refractivity contribution in [3.63, 3.8) is 0 Å². The van der Waals surface area contributed by atoms with Crippen LogP contribution in [0.3, 0.4) is 0 Å². The molecule has 6 heteroatoms. The number of anilines is 2. The third-order valence-corrected chi connectivity index (χ3v) is 4.57. The molecule has 0 bridgehead atoms. The Morgan fingerprint density at radius 3 is 2.32 bits per heavy atom. The fraction of sp³-hybridized carbons (Fsp3) is 0.273. The normalized spacial score (nSPS) is 10.8. The van der Waals surface area contributed by atoms with Crippen molar-refractivity contribution in [2.24, 2.45) is 0 Å². The fourth-order valence-corrected chi connectivity index (χ4v) is 3.11. The van der Waals surface area contributed by atoms with Crippen LogP contribution in [-0.2, 0) is 17.8 Å². The molecule has 2 aromatic carbocycles. The lowest BCUT2D eigenvalue weighted by Gasteiger charge is -2.12. The number of aromatic nitrogens is 2. The van der Waals surface area contributed by atoms with Gasteiger partial charge in [0, 0.05) is 32.0 Å². The molecule has 1 aromatic heterocycles. The third-order valence-electron chi connectivity index (χ3n) is 4.57. The maximum absolute atomic E-state index is 13.8. The molecule has 0 saturated carbocycles. The lowest BCUT2D eigenvalue weighted by atomic mass is 10.1. The topological polar surface area (TPSA) is 50.2 Å². The number of amides is 1. The van der Waals surface area contributed by atoms with Crippen molar-refractivity contribution < 1.29 is 9.18 Å². The summed E-state index contributed by atoms with van der Waals surface area (Å²) in [5, 5.41) is 7.22. The zero-order valence-corrected chi connectivity index (χ0v) is 16.7. The van der Waals surface area contributed by atoms with Crippen LogP contribution in [0.4, 0.5) is 15.9 Å². The highest BCUT2D eigenvalue weighted by atomic mass is 19.1. The van der Waals surface area contributed by atoms with E-state index in [2.05, 4.69) is 10.4 Å². The number of nitrogens with zero attached hydrogens (tertiary/aromatic N) is 3. The molecule has 0 aliphatic rings. The molecule has 3 aromatic rings. The van der Waals surface area contributed by atoms with E-state index in [1.54, 1.807) is 30.8 Å². The van der Waals surface area contributed by atoms with E-state index in [0.29, 0.717) is 23.5 Å². The van der Waals surface area contributed by atoms with Crippen LogP contribution in [0.5, 0.6) is 0 Å². The maximum atomic E-state index is 13.8. The standard InChI is InChI=1S/C22H25FN4O/c1-15-11-18(12-16(2)22(15)23)14-27-10-9-20(25-27)24-21(28)13-17-5-7-19(8-6-17)26(3)4/h5-12H,13-14H2,1-4H3,(H,24,25,28). The second-order valence-electron chi connectivity index (χ2n) is 7.23. The minimum absolute atomic E-state index is 0.115. The van der Waals surface area contributed by atoms with E-state index < -0.39 is 0 Å². The second kappa shape index (κ2) is 8.25. The van der Waals surface area contributed by atoms with Crippen LogP contribution < -0.4 is 10.2 Å². The smallest absolute Gasteiger partial charge is 0.229 e. The van der Waals surface area contributed by atoms with E-state index in [9.17, 15) is 9.18 Å². The first-order valence-corrected chi connectivity index (χ1v) is 9.17. The number of carbonyl (C=O) groups excluding carboxylic acids is 1. The van der Waals surface area contributed by atoms with Crippen molar-refractivity contribution in [3.05, 3.63) is 76.7 Å². The van der Waals surface area contributed by atoms with E-state index >= 15 is 0 Å². The number of carbonyl (C=O) groups is 1. The number of nitrogens with one attached hydrogen (secondary N) is 1. The van der Waals surface area contributed by atoms with Gasteiger partial charge in [-0.25, -0.2) is 4.39 Å². The first-order chi connectivity index (χ1) is 13.3.